The van der Waals surface area contributed by atoms with Gasteiger partial charge in [-0.25, -0.2) is 0 Å². The molecule has 182 valence electrons. The highest BCUT2D eigenvalue weighted by atomic mass is 35.5. The van der Waals surface area contributed by atoms with E-state index in [9.17, 15) is 14.4 Å². The summed E-state index contributed by atoms with van der Waals surface area (Å²) in [5, 5.41) is 5.46. The molecular formula is C27H27Cl2N3O3. The molecule has 6 nitrogen and oxygen atoms in total. The molecule has 3 aromatic rings. The third kappa shape index (κ3) is 5.00. The van der Waals surface area contributed by atoms with E-state index < -0.39 is 6.04 Å². The fraction of sp³-hybridized carbons (Fsp3) is 0.296. The van der Waals surface area contributed by atoms with Gasteiger partial charge >= 0.3 is 0 Å². The lowest BCUT2D eigenvalue weighted by atomic mass is 10.1. The van der Waals surface area contributed by atoms with E-state index in [1.807, 2.05) is 43.3 Å². The van der Waals surface area contributed by atoms with Crippen LogP contribution < -0.4 is 10.2 Å². The van der Waals surface area contributed by atoms with Crippen molar-refractivity contribution >= 4 is 57.4 Å². The fourth-order valence-electron chi connectivity index (χ4n) is 4.65. The number of rotatable bonds is 9. The lowest BCUT2D eigenvalue weighted by Crippen LogP contribution is -2.48. The molecular weight excluding hydrogens is 485 g/mol. The number of hydrogen-bond acceptors (Lipinski definition) is 3. The molecule has 1 heterocycles. The predicted octanol–water partition coefficient (Wildman–Crippen LogP) is 5.44. The highest BCUT2D eigenvalue weighted by molar-refractivity contribution is 6.42. The SMILES string of the molecule is CC[C@H](C(=O)NC)N(Cc1ccc(Cl)c(Cl)c1)C(=O)CCCN1C(=O)c2cccc3cccc1c23. The number of carbonyl (C=O) groups excluding carboxylic acids is 3. The van der Waals surface area contributed by atoms with Crippen molar-refractivity contribution in [1.29, 1.82) is 0 Å². The summed E-state index contributed by atoms with van der Waals surface area (Å²) < 4.78 is 0. The molecule has 3 aromatic carbocycles. The van der Waals surface area contributed by atoms with Crippen LogP contribution in [-0.4, -0.2) is 42.3 Å². The number of hydrogen-bond donors (Lipinski definition) is 1. The van der Waals surface area contributed by atoms with Crippen LogP contribution >= 0.6 is 23.2 Å². The number of benzene rings is 3. The Morgan fingerprint density at radius 3 is 2.49 bits per heavy atom. The van der Waals surface area contributed by atoms with Gasteiger partial charge in [0.05, 0.1) is 15.7 Å². The number of anilines is 1. The van der Waals surface area contributed by atoms with Crippen LogP contribution in [0, 0.1) is 0 Å². The number of nitrogens with zero attached hydrogens (tertiary/aromatic N) is 2. The topological polar surface area (TPSA) is 69.7 Å². The standard InChI is InChI=1S/C27H27Cl2N3O3/c1-3-22(26(34)30-2)32(16-17-12-13-20(28)21(29)15-17)24(33)11-6-14-31-23-10-5-8-18-7-4-9-19(25(18)23)27(31)35/h4-5,7-10,12-13,15,22H,3,6,11,14,16H2,1-2H3,(H,30,34)/t22-/m1/s1. The maximum atomic E-state index is 13.4. The average molecular weight is 512 g/mol. The molecule has 4 rings (SSSR count). The number of amides is 3. The van der Waals surface area contributed by atoms with Crippen molar-refractivity contribution in [1.82, 2.24) is 10.2 Å². The maximum Gasteiger partial charge on any atom is 0.258 e. The van der Waals surface area contributed by atoms with E-state index in [1.54, 1.807) is 35.0 Å². The summed E-state index contributed by atoms with van der Waals surface area (Å²) in [5.41, 5.74) is 2.35. The first-order valence-electron chi connectivity index (χ1n) is 11.6. The number of halogens is 2. The van der Waals surface area contributed by atoms with Crippen molar-refractivity contribution < 1.29 is 14.4 Å². The molecule has 0 aromatic heterocycles. The van der Waals surface area contributed by atoms with Crippen molar-refractivity contribution in [3.8, 4) is 0 Å². The lowest BCUT2D eigenvalue weighted by molar-refractivity contribution is -0.141. The van der Waals surface area contributed by atoms with E-state index in [0.717, 1.165) is 22.0 Å². The second kappa shape index (κ2) is 10.7. The Kier molecular flexibility index (Phi) is 7.63. The minimum atomic E-state index is -0.617. The first kappa shape index (κ1) is 25.0. The highest BCUT2D eigenvalue weighted by Gasteiger charge is 2.31. The summed E-state index contributed by atoms with van der Waals surface area (Å²) in [6.45, 7) is 2.51. The zero-order valence-electron chi connectivity index (χ0n) is 19.7. The first-order valence-corrected chi connectivity index (χ1v) is 12.4. The van der Waals surface area contributed by atoms with Gasteiger partial charge in [-0.05, 0) is 48.1 Å². The van der Waals surface area contributed by atoms with Crippen LogP contribution in [0.4, 0.5) is 5.69 Å². The molecule has 0 radical (unpaired) electrons. The Bertz CT molecular complexity index is 1290. The fourth-order valence-corrected chi connectivity index (χ4v) is 4.97. The molecule has 0 bridgehead atoms. The average Bonchev–Trinajstić information content (AvgIpc) is 3.13. The van der Waals surface area contributed by atoms with Crippen LogP contribution in [-0.2, 0) is 16.1 Å². The molecule has 0 saturated carbocycles. The normalized spacial score (nSPS) is 13.3. The zero-order chi connectivity index (χ0) is 25.1. The summed E-state index contributed by atoms with van der Waals surface area (Å²) in [6, 6.07) is 16.2. The van der Waals surface area contributed by atoms with Crippen molar-refractivity contribution in [2.45, 2.75) is 38.8 Å². The van der Waals surface area contributed by atoms with Gasteiger partial charge in [-0.1, -0.05) is 60.5 Å². The van der Waals surface area contributed by atoms with Gasteiger partial charge in [-0.15, -0.1) is 0 Å². The highest BCUT2D eigenvalue weighted by Crippen LogP contribution is 2.37. The molecule has 35 heavy (non-hydrogen) atoms. The Labute approximate surface area is 214 Å². The van der Waals surface area contributed by atoms with E-state index in [-0.39, 0.29) is 30.7 Å². The summed E-state index contributed by atoms with van der Waals surface area (Å²) in [7, 11) is 1.56. The van der Waals surface area contributed by atoms with Crippen LogP contribution in [0.3, 0.4) is 0 Å². The van der Waals surface area contributed by atoms with Gasteiger partial charge in [0.15, 0.2) is 0 Å². The summed E-state index contributed by atoms with van der Waals surface area (Å²) in [5.74, 6) is -0.430. The molecule has 1 N–H and O–H groups in total. The molecule has 0 fully saturated rings. The first-order chi connectivity index (χ1) is 16.8. The van der Waals surface area contributed by atoms with Crippen molar-refractivity contribution in [3.05, 3.63) is 75.8 Å². The predicted molar refractivity (Wildman–Crippen MR) is 140 cm³/mol. The van der Waals surface area contributed by atoms with Crippen molar-refractivity contribution in [3.63, 3.8) is 0 Å². The van der Waals surface area contributed by atoms with Crippen molar-refractivity contribution in [2.75, 3.05) is 18.5 Å². The van der Waals surface area contributed by atoms with Gasteiger partial charge in [-0.2, -0.15) is 0 Å². The smallest absolute Gasteiger partial charge is 0.258 e. The minimum Gasteiger partial charge on any atom is -0.357 e. The summed E-state index contributed by atoms with van der Waals surface area (Å²) >= 11 is 12.2. The molecule has 0 saturated heterocycles. The molecule has 1 aliphatic rings. The van der Waals surface area contributed by atoms with E-state index in [0.29, 0.717) is 35.0 Å². The number of carbonyl (C=O) groups is 3. The van der Waals surface area contributed by atoms with Crippen LogP contribution in [0.1, 0.15) is 42.1 Å². The van der Waals surface area contributed by atoms with Gasteiger partial charge in [0.25, 0.3) is 5.91 Å². The van der Waals surface area contributed by atoms with E-state index in [4.69, 9.17) is 23.2 Å². The second-order valence-electron chi connectivity index (χ2n) is 8.55. The number of likely N-dealkylation sites (N-methyl/N-ethyl adjacent to an activating group) is 1. The molecule has 3 amide bonds. The Hall–Kier alpha value is -3.09. The number of nitrogens with one attached hydrogen (secondary N) is 1. The van der Waals surface area contributed by atoms with Crippen LogP contribution in [0.15, 0.2) is 54.6 Å². The monoisotopic (exact) mass is 511 g/mol. The second-order valence-corrected chi connectivity index (χ2v) is 9.36. The van der Waals surface area contributed by atoms with Gasteiger partial charge in [0, 0.05) is 37.5 Å². The lowest BCUT2D eigenvalue weighted by Gasteiger charge is -2.30. The Balaban J connectivity index is 1.49. The van der Waals surface area contributed by atoms with Gasteiger partial charge in [-0.3, -0.25) is 14.4 Å². The third-order valence-corrected chi connectivity index (χ3v) is 7.13. The van der Waals surface area contributed by atoms with E-state index in [1.165, 1.54) is 0 Å². The molecule has 0 unspecified atom stereocenters. The van der Waals surface area contributed by atoms with Crippen LogP contribution in [0.25, 0.3) is 10.8 Å². The quantitative estimate of drug-likeness (QED) is 0.415. The van der Waals surface area contributed by atoms with Gasteiger partial charge in [0.1, 0.15) is 6.04 Å². The molecule has 1 aliphatic heterocycles. The molecule has 1 atom stereocenters. The van der Waals surface area contributed by atoms with Crippen LogP contribution in [0.2, 0.25) is 10.0 Å². The minimum absolute atomic E-state index is 0.0475. The zero-order valence-corrected chi connectivity index (χ0v) is 21.2. The molecule has 0 aliphatic carbocycles. The van der Waals surface area contributed by atoms with Gasteiger partial charge in [0.2, 0.25) is 11.8 Å². The Morgan fingerprint density at radius 2 is 1.80 bits per heavy atom. The summed E-state index contributed by atoms with van der Waals surface area (Å²) in [4.78, 5) is 42.3. The van der Waals surface area contributed by atoms with Crippen LogP contribution in [0.5, 0.6) is 0 Å². The molecule has 8 heteroatoms. The Morgan fingerprint density at radius 1 is 1.06 bits per heavy atom. The largest absolute Gasteiger partial charge is 0.357 e. The third-order valence-electron chi connectivity index (χ3n) is 6.39. The van der Waals surface area contributed by atoms with Gasteiger partial charge < -0.3 is 15.1 Å². The maximum absolute atomic E-state index is 13.4. The van der Waals surface area contributed by atoms with Crippen molar-refractivity contribution in [2.24, 2.45) is 0 Å². The van der Waals surface area contributed by atoms with E-state index in [2.05, 4.69) is 5.32 Å². The molecule has 0 spiro atoms. The summed E-state index contributed by atoms with van der Waals surface area (Å²) in [6.07, 6.45) is 1.14. The van der Waals surface area contributed by atoms with E-state index >= 15 is 0 Å².